The smallest absolute Gasteiger partial charge is 0.150 e. The van der Waals surface area contributed by atoms with Gasteiger partial charge in [-0.15, -0.1) is 10.2 Å². The highest BCUT2D eigenvalue weighted by molar-refractivity contribution is 5.94. The van der Waals surface area contributed by atoms with Crippen LogP contribution in [0.25, 0.3) is 10.8 Å². The van der Waals surface area contributed by atoms with Crippen LogP contribution in [-0.2, 0) is 6.61 Å². The summed E-state index contributed by atoms with van der Waals surface area (Å²) in [7, 11) is 0. The minimum absolute atomic E-state index is 0.0894. The number of rotatable bonds is 7. The van der Waals surface area contributed by atoms with E-state index in [0.717, 1.165) is 0 Å². The SMILES string of the molecule is OCc1cc(N=Nc2ccc3cc(N=Nc4ccc(O)cc4)ccc3c2O)c(O)cc1N=Nc1ccccc1. The van der Waals surface area contributed by atoms with E-state index < -0.39 is 0 Å². The van der Waals surface area contributed by atoms with Gasteiger partial charge < -0.3 is 20.4 Å². The Balaban J connectivity index is 1.38. The molecule has 0 aliphatic carbocycles. The van der Waals surface area contributed by atoms with Crippen molar-refractivity contribution in [3.63, 3.8) is 0 Å². The van der Waals surface area contributed by atoms with Gasteiger partial charge >= 0.3 is 0 Å². The highest BCUT2D eigenvalue weighted by Gasteiger charge is 2.11. The first-order valence-corrected chi connectivity index (χ1v) is 11.8. The predicted molar refractivity (Wildman–Crippen MR) is 147 cm³/mol. The molecule has 0 fully saturated rings. The number of aromatic hydroxyl groups is 3. The molecule has 0 saturated carbocycles. The lowest BCUT2D eigenvalue weighted by Gasteiger charge is -2.06. The van der Waals surface area contributed by atoms with E-state index in [9.17, 15) is 20.4 Å². The van der Waals surface area contributed by atoms with Gasteiger partial charge in [0.05, 0.1) is 29.4 Å². The van der Waals surface area contributed by atoms with Crippen molar-refractivity contribution in [2.45, 2.75) is 6.61 Å². The molecule has 4 N–H and O–H groups in total. The Hall–Kier alpha value is -5.48. The minimum atomic E-state index is -0.348. The standard InChI is InChI=1S/C29H22N6O4/c36-17-19-15-27(28(38)16-26(19)34-31-20-4-2-1-3-5-20)35-33-25-13-6-18-14-22(9-12-24(18)29(25)39)32-30-21-7-10-23(37)11-8-21/h1-16,36-39H,17H2. The molecule has 0 unspecified atom stereocenters. The number of fused-ring (bicyclic) bond motifs is 1. The molecule has 0 aromatic heterocycles. The second-order valence-corrected chi connectivity index (χ2v) is 8.42. The van der Waals surface area contributed by atoms with E-state index in [0.29, 0.717) is 39.1 Å². The first-order valence-electron chi connectivity index (χ1n) is 11.8. The first kappa shape index (κ1) is 25.2. The zero-order chi connectivity index (χ0) is 27.2. The maximum absolute atomic E-state index is 10.8. The fourth-order valence-corrected chi connectivity index (χ4v) is 3.69. The molecule has 0 aliphatic heterocycles. The fourth-order valence-electron chi connectivity index (χ4n) is 3.69. The summed E-state index contributed by atoms with van der Waals surface area (Å²) in [4.78, 5) is 0. The van der Waals surface area contributed by atoms with Gasteiger partial charge in [0.2, 0.25) is 0 Å². The fraction of sp³-hybridized carbons (Fsp3) is 0.0345. The lowest BCUT2D eigenvalue weighted by atomic mass is 10.1. The third kappa shape index (κ3) is 5.92. The molecule has 0 spiro atoms. The van der Waals surface area contributed by atoms with E-state index in [4.69, 9.17) is 0 Å². The third-order valence-electron chi connectivity index (χ3n) is 5.73. The number of nitrogens with zero attached hydrogens (tertiary/aromatic N) is 6. The van der Waals surface area contributed by atoms with Crippen molar-refractivity contribution in [1.82, 2.24) is 0 Å². The lowest BCUT2D eigenvalue weighted by molar-refractivity contribution is 0.282. The molecule has 0 aliphatic rings. The van der Waals surface area contributed by atoms with Crippen molar-refractivity contribution < 1.29 is 20.4 Å². The molecule has 10 nitrogen and oxygen atoms in total. The average molecular weight is 519 g/mol. The topological polar surface area (TPSA) is 155 Å². The predicted octanol–water partition coefficient (Wildman–Crippen LogP) is 8.70. The largest absolute Gasteiger partial charge is 0.508 e. The van der Waals surface area contributed by atoms with Gasteiger partial charge in [-0.25, -0.2) is 0 Å². The Morgan fingerprint density at radius 1 is 0.513 bits per heavy atom. The van der Waals surface area contributed by atoms with Crippen LogP contribution in [0.1, 0.15) is 5.56 Å². The Kier molecular flexibility index (Phi) is 7.28. The Bertz CT molecular complexity index is 1720. The second-order valence-electron chi connectivity index (χ2n) is 8.42. The number of hydrogen-bond acceptors (Lipinski definition) is 10. The highest BCUT2D eigenvalue weighted by atomic mass is 16.3. The van der Waals surface area contributed by atoms with Crippen molar-refractivity contribution in [2.24, 2.45) is 30.7 Å². The summed E-state index contributed by atoms with van der Waals surface area (Å²) in [6.45, 7) is -0.348. The zero-order valence-corrected chi connectivity index (χ0v) is 20.4. The van der Waals surface area contributed by atoms with Crippen LogP contribution in [0.15, 0.2) is 128 Å². The van der Waals surface area contributed by atoms with Crippen LogP contribution in [0.3, 0.4) is 0 Å². The summed E-state index contributed by atoms with van der Waals surface area (Å²) in [5.74, 6) is -0.148. The van der Waals surface area contributed by atoms with Gasteiger partial charge in [-0.05, 0) is 72.1 Å². The van der Waals surface area contributed by atoms with E-state index >= 15 is 0 Å². The quantitative estimate of drug-likeness (QED) is 0.159. The van der Waals surface area contributed by atoms with E-state index in [2.05, 4.69) is 30.7 Å². The molecule has 10 heteroatoms. The van der Waals surface area contributed by atoms with E-state index in [1.807, 2.05) is 18.2 Å². The van der Waals surface area contributed by atoms with Gasteiger partial charge in [-0.2, -0.15) is 20.5 Å². The maximum Gasteiger partial charge on any atom is 0.150 e. The first-order chi connectivity index (χ1) is 19.0. The molecule has 192 valence electrons. The van der Waals surface area contributed by atoms with Crippen LogP contribution >= 0.6 is 0 Å². The number of azo groups is 3. The van der Waals surface area contributed by atoms with Crippen LogP contribution in [0.2, 0.25) is 0 Å². The number of aliphatic hydroxyl groups excluding tert-OH is 1. The molecule has 5 rings (SSSR count). The molecular formula is C29H22N6O4. The Morgan fingerprint density at radius 3 is 1.92 bits per heavy atom. The average Bonchev–Trinajstić information content (AvgIpc) is 2.96. The molecule has 39 heavy (non-hydrogen) atoms. The van der Waals surface area contributed by atoms with Crippen LogP contribution in [0.5, 0.6) is 17.2 Å². The summed E-state index contributed by atoms with van der Waals surface area (Å²) in [5, 5.41) is 66.5. The molecule has 0 bridgehead atoms. The van der Waals surface area contributed by atoms with Crippen LogP contribution in [-0.4, -0.2) is 20.4 Å². The molecule has 5 aromatic carbocycles. The monoisotopic (exact) mass is 518 g/mol. The van der Waals surface area contributed by atoms with Crippen LogP contribution < -0.4 is 0 Å². The number of aliphatic hydroxyl groups is 1. The molecular weight excluding hydrogens is 496 g/mol. The van der Waals surface area contributed by atoms with Gasteiger partial charge in [0.1, 0.15) is 22.9 Å². The summed E-state index contributed by atoms with van der Waals surface area (Å²) in [5.41, 5.74) is 2.79. The Morgan fingerprint density at radius 2 is 1.15 bits per heavy atom. The van der Waals surface area contributed by atoms with Crippen molar-refractivity contribution >= 4 is 44.9 Å². The van der Waals surface area contributed by atoms with Gasteiger partial charge in [0.25, 0.3) is 0 Å². The normalized spacial score (nSPS) is 11.8. The van der Waals surface area contributed by atoms with Crippen LogP contribution in [0, 0.1) is 0 Å². The molecule has 5 aromatic rings. The van der Waals surface area contributed by atoms with E-state index in [1.165, 1.54) is 24.3 Å². The summed E-state index contributed by atoms with van der Waals surface area (Å²) in [6.07, 6.45) is 0. The van der Waals surface area contributed by atoms with E-state index in [-0.39, 0.29) is 35.2 Å². The van der Waals surface area contributed by atoms with Crippen molar-refractivity contribution in [3.8, 4) is 17.2 Å². The second kappa shape index (κ2) is 11.3. The molecule has 0 atom stereocenters. The summed E-state index contributed by atoms with van der Waals surface area (Å²) in [6, 6.07) is 26.7. The highest BCUT2D eigenvalue weighted by Crippen LogP contribution is 2.40. The summed E-state index contributed by atoms with van der Waals surface area (Å²) >= 11 is 0. The van der Waals surface area contributed by atoms with Gasteiger partial charge in [-0.3, -0.25) is 0 Å². The zero-order valence-electron chi connectivity index (χ0n) is 20.4. The lowest BCUT2D eigenvalue weighted by Crippen LogP contribution is -1.84. The van der Waals surface area contributed by atoms with Crippen LogP contribution in [0.4, 0.5) is 34.1 Å². The number of benzene rings is 5. The number of phenolic OH excluding ortho intramolecular Hbond substituents is 3. The van der Waals surface area contributed by atoms with Gasteiger partial charge in [0.15, 0.2) is 5.75 Å². The number of phenols is 3. The van der Waals surface area contributed by atoms with Gasteiger partial charge in [0, 0.05) is 17.0 Å². The molecule has 0 amide bonds. The van der Waals surface area contributed by atoms with Gasteiger partial charge in [-0.1, -0.05) is 24.3 Å². The molecule has 0 heterocycles. The van der Waals surface area contributed by atoms with E-state index in [1.54, 1.807) is 54.6 Å². The number of hydrogen-bond donors (Lipinski definition) is 4. The summed E-state index contributed by atoms with van der Waals surface area (Å²) < 4.78 is 0. The van der Waals surface area contributed by atoms with Crippen molar-refractivity contribution in [1.29, 1.82) is 0 Å². The minimum Gasteiger partial charge on any atom is -0.508 e. The Labute approximate surface area is 222 Å². The van der Waals surface area contributed by atoms with Crippen molar-refractivity contribution in [3.05, 3.63) is 103 Å². The maximum atomic E-state index is 10.8. The van der Waals surface area contributed by atoms with Crippen molar-refractivity contribution in [2.75, 3.05) is 0 Å². The molecule has 0 radical (unpaired) electrons. The third-order valence-corrected chi connectivity index (χ3v) is 5.73. The molecule has 0 saturated heterocycles.